The molecule has 0 fully saturated rings. The number of rotatable bonds is 7. The van der Waals surface area contributed by atoms with Crippen LogP contribution in [-0.2, 0) is 11.2 Å². The Bertz CT molecular complexity index is 903. The molecule has 3 aromatic rings. The smallest absolute Gasteiger partial charge is 0.411 e. The highest BCUT2D eigenvalue weighted by Gasteiger charge is 2.14. The van der Waals surface area contributed by atoms with Gasteiger partial charge in [0.2, 0.25) is 0 Å². The van der Waals surface area contributed by atoms with Gasteiger partial charge in [0.05, 0.1) is 29.0 Å². The van der Waals surface area contributed by atoms with E-state index in [0.717, 1.165) is 41.8 Å². The predicted molar refractivity (Wildman–Crippen MR) is 110 cm³/mol. The molecule has 27 heavy (non-hydrogen) atoms. The molecule has 1 amide bonds. The first-order valence-corrected chi connectivity index (χ1v) is 9.24. The van der Waals surface area contributed by atoms with Gasteiger partial charge in [-0.05, 0) is 24.1 Å². The first kappa shape index (κ1) is 18.8. The highest BCUT2D eigenvalue weighted by atomic mass is 16.5. The number of hydrogen-bond acceptors (Lipinski definition) is 4. The maximum atomic E-state index is 12.1. The standard InChI is InChI=1S/C21H26N4O2/c1-4-5-11-27-21(26)24-18-13-16-17(14-19(18)25(2)3)23-20(22-16)12-15-9-7-6-8-10-15/h6-10,13-14H,4-5,11-12H2,1-3H3,(H,22,23)(H,24,26). The fraction of sp³-hybridized carbons (Fsp3) is 0.333. The predicted octanol–water partition coefficient (Wildman–Crippen LogP) is 4.57. The molecular formula is C21H26N4O2. The van der Waals surface area contributed by atoms with E-state index in [1.54, 1.807) is 0 Å². The van der Waals surface area contributed by atoms with Crippen LogP contribution in [0.1, 0.15) is 31.2 Å². The molecule has 0 spiro atoms. The van der Waals surface area contributed by atoms with Crippen molar-refractivity contribution in [2.24, 2.45) is 0 Å². The second-order valence-corrected chi connectivity index (χ2v) is 6.74. The van der Waals surface area contributed by atoms with Crippen molar-refractivity contribution in [1.29, 1.82) is 0 Å². The van der Waals surface area contributed by atoms with Crippen LogP contribution in [0.5, 0.6) is 0 Å². The van der Waals surface area contributed by atoms with Gasteiger partial charge >= 0.3 is 6.09 Å². The molecule has 1 aromatic heterocycles. The van der Waals surface area contributed by atoms with E-state index in [9.17, 15) is 4.79 Å². The number of nitrogens with zero attached hydrogens (tertiary/aromatic N) is 2. The summed E-state index contributed by atoms with van der Waals surface area (Å²) in [6.45, 7) is 2.48. The zero-order valence-corrected chi connectivity index (χ0v) is 16.1. The number of carbonyl (C=O) groups excluding carboxylic acids is 1. The van der Waals surface area contributed by atoms with Crippen molar-refractivity contribution in [3.63, 3.8) is 0 Å². The van der Waals surface area contributed by atoms with Gasteiger partial charge in [0.25, 0.3) is 0 Å². The van der Waals surface area contributed by atoms with Crippen LogP contribution in [0.25, 0.3) is 11.0 Å². The molecule has 0 bridgehead atoms. The molecule has 0 aliphatic carbocycles. The van der Waals surface area contributed by atoms with E-state index in [0.29, 0.717) is 12.3 Å². The van der Waals surface area contributed by atoms with E-state index in [4.69, 9.17) is 9.72 Å². The van der Waals surface area contributed by atoms with Crippen molar-refractivity contribution >= 4 is 28.5 Å². The van der Waals surface area contributed by atoms with Gasteiger partial charge < -0.3 is 14.6 Å². The van der Waals surface area contributed by atoms with Gasteiger partial charge in [0.15, 0.2) is 0 Å². The maximum Gasteiger partial charge on any atom is 0.411 e. The molecule has 2 aromatic carbocycles. The van der Waals surface area contributed by atoms with Crippen LogP contribution in [0.3, 0.4) is 0 Å². The van der Waals surface area contributed by atoms with Gasteiger partial charge in [-0.1, -0.05) is 43.7 Å². The Morgan fingerprint density at radius 2 is 2.00 bits per heavy atom. The van der Waals surface area contributed by atoms with Gasteiger partial charge in [-0.15, -0.1) is 0 Å². The quantitative estimate of drug-likeness (QED) is 0.601. The molecular weight excluding hydrogens is 340 g/mol. The number of carbonyl (C=O) groups is 1. The molecule has 0 aliphatic heterocycles. The summed E-state index contributed by atoms with van der Waals surface area (Å²) in [5.41, 5.74) is 4.53. The van der Waals surface area contributed by atoms with Gasteiger partial charge in [0.1, 0.15) is 5.82 Å². The zero-order valence-electron chi connectivity index (χ0n) is 16.1. The van der Waals surface area contributed by atoms with Crippen LogP contribution >= 0.6 is 0 Å². The lowest BCUT2D eigenvalue weighted by Gasteiger charge is -2.18. The van der Waals surface area contributed by atoms with Crippen LogP contribution in [0.2, 0.25) is 0 Å². The second-order valence-electron chi connectivity index (χ2n) is 6.74. The summed E-state index contributed by atoms with van der Waals surface area (Å²) in [7, 11) is 3.87. The van der Waals surface area contributed by atoms with E-state index >= 15 is 0 Å². The fourth-order valence-corrected chi connectivity index (χ4v) is 2.90. The van der Waals surface area contributed by atoms with E-state index in [2.05, 4.69) is 29.4 Å². The van der Waals surface area contributed by atoms with Crippen LogP contribution in [0.4, 0.5) is 16.2 Å². The number of imidazole rings is 1. The monoisotopic (exact) mass is 366 g/mol. The number of aromatic nitrogens is 2. The first-order valence-electron chi connectivity index (χ1n) is 9.24. The summed E-state index contributed by atoms with van der Waals surface area (Å²) >= 11 is 0. The minimum atomic E-state index is -0.435. The highest BCUT2D eigenvalue weighted by molar-refractivity contribution is 5.95. The van der Waals surface area contributed by atoms with Crippen molar-refractivity contribution in [3.05, 3.63) is 53.9 Å². The molecule has 1 heterocycles. The van der Waals surface area contributed by atoms with E-state index in [1.807, 2.05) is 49.3 Å². The Morgan fingerprint density at radius 3 is 2.70 bits per heavy atom. The number of unbranched alkanes of at least 4 members (excludes halogenated alkanes) is 1. The molecule has 0 unspecified atom stereocenters. The van der Waals surface area contributed by atoms with Crippen LogP contribution in [-0.4, -0.2) is 36.8 Å². The van der Waals surface area contributed by atoms with Crippen LogP contribution in [0.15, 0.2) is 42.5 Å². The Labute approximate surface area is 159 Å². The number of amides is 1. The van der Waals surface area contributed by atoms with E-state index in [-0.39, 0.29) is 0 Å². The fourth-order valence-electron chi connectivity index (χ4n) is 2.90. The van der Waals surface area contributed by atoms with Crippen molar-refractivity contribution in [3.8, 4) is 0 Å². The summed E-state index contributed by atoms with van der Waals surface area (Å²) in [4.78, 5) is 22.1. The molecule has 0 atom stereocenters. The summed E-state index contributed by atoms with van der Waals surface area (Å²) in [5.74, 6) is 0.892. The van der Waals surface area contributed by atoms with Gasteiger partial charge in [-0.3, -0.25) is 5.32 Å². The number of hydrogen-bond donors (Lipinski definition) is 2. The van der Waals surface area contributed by atoms with Crippen LogP contribution < -0.4 is 10.2 Å². The Kier molecular flexibility index (Phi) is 5.96. The lowest BCUT2D eigenvalue weighted by Crippen LogP contribution is -2.18. The topological polar surface area (TPSA) is 70.2 Å². The third-order valence-electron chi connectivity index (χ3n) is 4.31. The number of nitrogens with one attached hydrogen (secondary N) is 2. The summed E-state index contributed by atoms with van der Waals surface area (Å²) < 4.78 is 5.22. The third-order valence-corrected chi connectivity index (χ3v) is 4.31. The first-order chi connectivity index (χ1) is 13.1. The van der Waals surface area contributed by atoms with E-state index < -0.39 is 6.09 Å². The number of anilines is 2. The molecule has 0 saturated heterocycles. The average molecular weight is 366 g/mol. The Hall–Kier alpha value is -3.02. The molecule has 3 rings (SSSR count). The Balaban J connectivity index is 1.84. The lowest BCUT2D eigenvalue weighted by molar-refractivity contribution is 0.160. The number of H-pyrrole nitrogens is 1. The SMILES string of the molecule is CCCCOC(=O)Nc1cc2[nH]c(Cc3ccccc3)nc2cc1N(C)C. The molecule has 0 saturated carbocycles. The summed E-state index contributed by atoms with van der Waals surface area (Å²) in [6, 6.07) is 14.1. The number of aromatic amines is 1. The number of benzene rings is 2. The van der Waals surface area contributed by atoms with Crippen molar-refractivity contribution < 1.29 is 9.53 Å². The van der Waals surface area contributed by atoms with Crippen molar-refractivity contribution in [1.82, 2.24) is 9.97 Å². The van der Waals surface area contributed by atoms with Crippen molar-refractivity contribution in [2.75, 3.05) is 30.9 Å². The lowest BCUT2D eigenvalue weighted by atomic mass is 10.1. The largest absolute Gasteiger partial charge is 0.449 e. The molecule has 0 aliphatic rings. The maximum absolute atomic E-state index is 12.1. The normalized spacial score (nSPS) is 10.8. The molecule has 6 nitrogen and oxygen atoms in total. The van der Waals surface area contributed by atoms with Crippen LogP contribution in [0, 0.1) is 0 Å². The minimum Gasteiger partial charge on any atom is -0.449 e. The molecule has 0 radical (unpaired) electrons. The average Bonchev–Trinajstić information content (AvgIpc) is 3.03. The summed E-state index contributed by atoms with van der Waals surface area (Å²) in [6.07, 6.45) is 2.14. The van der Waals surface area contributed by atoms with Crippen molar-refractivity contribution in [2.45, 2.75) is 26.2 Å². The summed E-state index contributed by atoms with van der Waals surface area (Å²) in [5, 5.41) is 2.85. The highest BCUT2D eigenvalue weighted by Crippen LogP contribution is 2.30. The number of ether oxygens (including phenoxy) is 1. The van der Waals surface area contributed by atoms with Gasteiger partial charge in [-0.25, -0.2) is 9.78 Å². The number of fused-ring (bicyclic) bond motifs is 1. The van der Waals surface area contributed by atoms with Gasteiger partial charge in [0, 0.05) is 20.5 Å². The van der Waals surface area contributed by atoms with Gasteiger partial charge in [-0.2, -0.15) is 0 Å². The molecule has 2 N–H and O–H groups in total. The Morgan fingerprint density at radius 1 is 1.22 bits per heavy atom. The minimum absolute atomic E-state index is 0.424. The zero-order chi connectivity index (χ0) is 19.2. The van der Waals surface area contributed by atoms with E-state index in [1.165, 1.54) is 5.56 Å². The molecule has 6 heteroatoms. The molecule has 142 valence electrons. The second kappa shape index (κ2) is 8.58. The third kappa shape index (κ3) is 4.78.